The van der Waals surface area contributed by atoms with E-state index in [0.29, 0.717) is 16.5 Å². The molecule has 4 rings (SSSR count). The van der Waals surface area contributed by atoms with Crippen LogP contribution in [0.4, 0.5) is 5.82 Å². The highest BCUT2D eigenvalue weighted by Crippen LogP contribution is 2.43. The van der Waals surface area contributed by atoms with Gasteiger partial charge >= 0.3 is 0 Å². The van der Waals surface area contributed by atoms with Gasteiger partial charge in [0.15, 0.2) is 11.5 Å². The fourth-order valence-electron chi connectivity index (χ4n) is 3.79. The van der Waals surface area contributed by atoms with E-state index in [1.54, 1.807) is 19.7 Å². The van der Waals surface area contributed by atoms with Crippen LogP contribution < -0.4 is 10.1 Å². The van der Waals surface area contributed by atoms with Crippen LogP contribution in [0, 0.1) is 6.92 Å². The zero-order valence-corrected chi connectivity index (χ0v) is 18.3. The summed E-state index contributed by atoms with van der Waals surface area (Å²) < 4.78 is 19.5. The zero-order valence-electron chi connectivity index (χ0n) is 16.7. The molecule has 1 aromatic carbocycles. The number of rotatable bonds is 6. The molecular formula is C19H23ClN6O2S. The minimum atomic E-state index is -0.965. The molecule has 0 saturated carbocycles. The molecule has 2 aromatic heterocycles. The number of benzene rings is 1. The molecule has 8 nitrogen and oxygen atoms in total. The Bertz CT molecular complexity index is 1080. The van der Waals surface area contributed by atoms with E-state index in [-0.39, 0.29) is 12.0 Å². The molecule has 1 aliphatic rings. The summed E-state index contributed by atoms with van der Waals surface area (Å²) in [5, 5.41) is 4.11. The van der Waals surface area contributed by atoms with E-state index >= 15 is 0 Å². The Balaban J connectivity index is 1.70. The number of fused-ring (bicyclic) bond motifs is 1. The van der Waals surface area contributed by atoms with Gasteiger partial charge < -0.3 is 15.0 Å². The predicted molar refractivity (Wildman–Crippen MR) is 115 cm³/mol. The number of hydrogen-bond donors (Lipinski definition) is 2. The van der Waals surface area contributed by atoms with Crippen LogP contribution in [0.5, 0.6) is 5.75 Å². The second-order valence-corrected chi connectivity index (χ2v) is 8.95. The average Bonchev–Trinajstić information content (AvgIpc) is 3.13. The molecule has 3 heterocycles. The van der Waals surface area contributed by atoms with Crippen LogP contribution in [0.15, 0.2) is 18.7 Å². The summed E-state index contributed by atoms with van der Waals surface area (Å²) in [5.74, 6) is 1.71. The molecule has 2 unspecified atom stereocenters. The molecule has 3 aromatic rings. The molecule has 0 radical (unpaired) electrons. The number of nitrogens with zero attached hydrogens (tertiary/aromatic N) is 4. The molecule has 0 bridgehead atoms. The Morgan fingerprint density at radius 2 is 2.14 bits per heavy atom. The lowest BCUT2D eigenvalue weighted by Crippen LogP contribution is -2.45. The van der Waals surface area contributed by atoms with Gasteiger partial charge in [-0.3, -0.25) is 0 Å². The number of aromatic nitrogens is 4. The Kier molecular flexibility index (Phi) is 5.46. The highest BCUT2D eigenvalue weighted by atomic mass is 35.5. The van der Waals surface area contributed by atoms with Crippen molar-refractivity contribution in [1.29, 1.82) is 0 Å². The summed E-state index contributed by atoms with van der Waals surface area (Å²) in [6.45, 7) is 5.49. The number of hydrogen-bond acceptors (Lipinski definition) is 6. The second kappa shape index (κ2) is 7.89. The van der Waals surface area contributed by atoms with Crippen LogP contribution in [0.3, 0.4) is 0 Å². The van der Waals surface area contributed by atoms with E-state index in [4.69, 9.17) is 16.3 Å². The number of H-pyrrole nitrogens is 1. The van der Waals surface area contributed by atoms with Gasteiger partial charge in [-0.05, 0) is 25.5 Å². The third kappa shape index (κ3) is 3.58. The molecule has 1 fully saturated rings. The Labute approximate surface area is 176 Å². The summed E-state index contributed by atoms with van der Waals surface area (Å²) in [6.07, 6.45) is 4.78. The lowest BCUT2D eigenvalue weighted by Gasteiger charge is -2.39. The first-order valence-corrected chi connectivity index (χ1v) is 11.2. The average molecular weight is 435 g/mol. The summed E-state index contributed by atoms with van der Waals surface area (Å²) >= 11 is 6.60. The summed E-state index contributed by atoms with van der Waals surface area (Å²) in [5.41, 5.74) is 4.38. The number of methoxy groups -OCH3 is 1. The van der Waals surface area contributed by atoms with Gasteiger partial charge in [-0.1, -0.05) is 11.6 Å². The lowest BCUT2D eigenvalue weighted by atomic mass is 9.86. The normalized spacial score (nSPS) is 17.1. The minimum absolute atomic E-state index is 0.125. The van der Waals surface area contributed by atoms with Crippen molar-refractivity contribution in [2.24, 2.45) is 0 Å². The smallest absolute Gasteiger partial charge is 0.182 e. The molecule has 0 spiro atoms. The summed E-state index contributed by atoms with van der Waals surface area (Å²) in [6, 6.07) is 1.82. The number of imidazole rings is 1. The van der Waals surface area contributed by atoms with E-state index in [1.165, 1.54) is 6.33 Å². The van der Waals surface area contributed by atoms with Crippen molar-refractivity contribution in [2.45, 2.75) is 25.8 Å². The molecule has 1 saturated heterocycles. The first-order chi connectivity index (χ1) is 13.9. The fourth-order valence-corrected chi connectivity index (χ4v) is 4.79. The number of aromatic amines is 1. The van der Waals surface area contributed by atoms with Crippen molar-refractivity contribution in [2.75, 3.05) is 31.8 Å². The van der Waals surface area contributed by atoms with Crippen LogP contribution in [0.25, 0.3) is 11.2 Å². The highest BCUT2D eigenvalue weighted by Gasteiger charge is 2.35. The highest BCUT2D eigenvalue weighted by molar-refractivity contribution is 7.81. The largest absolute Gasteiger partial charge is 0.496 e. The zero-order chi connectivity index (χ0) is 20.7. The predicted octanol–water partition coefficient (Wildman–Crippen LogP) is 3.19. The maximum absolute atomic E-state index is 11.7. The minimum Gasteiger partial charge on any atom is -0.496 e. The van der Waals surface area contributed by atoms with Crippen molar-refractivity contribution < 1.29 is 8.95 Å². The Hall–Kier alpha value is -2.23. The molecule has 2 N–H and O–H groups in total. The van der Waals surface area contributed by atoms with Gasteiger partial charge in [-0.15, -0.1) is 0 Å². The third-order valence-corrected chi connectivity index (χ3v) is 6.84. The number of anilines is 1. The van der Waals surface area contributed by atoms with E-state index in [2.05, 4.69) is 25.3 Å². The molecule has 29 heavy (non-hydrogen) atoms. The van der Waals surface area contributed by atoms with E-state index in [1.807, 2.05) is 24.2 Å². The first-order valence-electron chi connectivity index (χ1n) is 9.26. The third-order valence-electron chi connectivity index (χ3n) is 5.42. The van der Waals surface area contributed by atoms with Crippen molar-refractivity contribution in [3.63, 3.8) is 0 Å². The van der Waals surface area contributed by atoms with Crippen molar-refractivity contribution >= 4 is 39.6 Å². The molecule has 10 heteroatoms. The van der Waals surface area contributed by atoms with Crippen LogP contribution in [-0.2, 0) is 11.0 Å². The van der Waals surface area contributed by atoms with Crippen LogP contribution in [-0.4, -0.2) is 54.9 Å². The van der Waals surface area contributed by atoms with Gasteiger partial charge in [0.2, 0.25) is 0 Å². The molecule has 154 valence electrons. The number of ether oxygens (including phenoxy) is 1. The molecular weight excluding hydrogens is 412 g/mol. The molecule has 2 atom stereocenters. The molecule has 0 amide bonds. The van der Waals surface area contributed by atoms with E-state index in [9.17, 15) is 4.21 Å². The van der Waals surface area contributed by atoms with E-state index in [0.717, 1.165) is 41.0 Å². The van der Waals surface area contributed by atoms with Crippen molar-refractivity contribution in [1.82, 2.24) is 24.2 Å². The van der Waals surface area contributed by atoms with Crippen LogP contribution >= 0.6 is 11.6 Å². The second-order valence-electron chi connectivity index (χ2n) is 7.18. The summed E-state index contributed by atoms with van der Waals surface area (Å²) in [4.78, 5) is 15.7. The SMILES string of the molecule is COc1c(C(C)Nc2ncnc3nc[nH]c23)cc(Cl)c(C)c1C1CN(S(C)=O)C1. The topological polar surface area (TPSA) is 96.0 Å². The maximum Gasteiger partial charge on any atom is 0.182 e. The first kappa shape index (κ1) is 20.1. The van der Waals surface area contributed by atoms with Gasteiger partial charge in [0.05, 0.1) is 30.5 Å². The number of halogens is 1. The van der Waals surface area contributed by atoms with E-state index < -0.39 is 11.0 Å². The number of nitrogens with one attached hydrogen (secondary N) is 2. The Morgan fingerprint density at radius 1 is 1.38 bits per heavy atom. The maximum atomic E-state index is 11.7. The van der Waals surface area contributed by atoms with Gasteiger partial charge in [-0.2, -0.15) is 0 Å². The van der Waals surface area contributed by atoms with Gasteiger partial charge in [0, 0.05) is 41.4 Å². The lowest BCUT2D eigenvalue weighted by molar-refractivity contribution is 0.271. The van der Waals surface area contributed by atoms with Gasteiger partial charge in [-0.25, -0.2) is 23.5 Å². The molecule has 1 aliphatic heterocycles. The van der Waals surface area contributed by atoms with Gasteiger partial charge in [0.1, 0.15) is 17.6 Å². The van der Waals surface area contributed by atoms with Gasteiger partial charge in [0.25, 0.3) is 0 Å². The van der Waals surface area contributed by atoms with Crippen LogP contribution in [0.1, 0.15) is 35.6 Å². The molecule has 0 aliphatic carbocycles. The van der Waals surface area contributed by atoms with Crippen molar-refractivity contribution in [3.05, 3.63) is 40.4 Å². The van der Waals surface area contributed by atoms with Crippen LogP contribution in [0.2, 0.25) is 5.02 Å². The standard InChI is InChI=1S/C19H23ClN6O2S/c1-10-14(20)5-13(17(28-3)15(10)12-6-26(7-12)29(4)27)11(2)25-19-16-18(22-8-21-16)23-9-24-19/h5,8-9,11-12H,6-7H2,1-4H3,(H2,21,22,23,24,25). The quantitative estimate of drug-likeness (QED) is 0.618. The Morgan fingerprint density at radius 3 is 2.83 bits per heavy atom. The fraction of sp³-hybridized carbons (Fsp3) is 0.421. The summed E-state index contributed by atoms with van der Waals surface area (Å²) in [7, 11) is 0.710. The van der Waals surface area contributed by atoms with Crippen molar-refractivity contribution in [3.8, 4) is 5.75 Å². The monoisotopic (exact) mass is 434 g/mol.